The minimum absolute atomic E-state index is 0.0731. The smallest absolute Gasteiger partial charge is 0.262 e. The van der Waals surface area contributed by atoms with Gasteiger partial charge in [0.05, 0.1) is 5.76 Å². The summed E-state index contributed by atoms with van der Waals surface area (Å²) in [6.07, 6.45) is 11.5. The molecule has 4 heterocycles. The highest BCUT2D eigenvalue weighted by Gasteiger charge is 2.45. The van der Waals surface area contributed by atoms with Crippen molar-refractivity contribution in [1.29, 1.82) is 5.41 Å². The van der Waals surface area contributed by atoms with E-state index in [1.165, 1.54) is 0 Å². The van der Waals surface area contributed by atoms with Crippen LogP contribution in [0, 0.1) is 12.3 Å². The Labute approximate surface area is 223 Å². The van der Waals surface area contributed by atoms with Gasteiger partial charge in [-0.1, -0.05) is 37.5 Å². The zero-order valence-corrected chi connectivity index (χ0v) is 22.0. The van der Waals surface area contributed by atoms with Gasteiger partial charge in [-0.2, -0.15) is 0 Å². The van der Waals surface area contributed by atoms with Crippen molar-refractivity contribution in [3.63, 3.8) is 0 Å². The average Bonchev–Trinajstić information content (AvgIpc) is 2.89. The van der Waals surface area contributed by atoms with Crippen molar-refractivity contribution < 1.29 is 18.9 Å². The second-order valence-electron chi connectivity index (χ2n) is 9.72. The molecular formula is C31H27B2NO4. The van der Waals surface area contributed by atoms with Gasteiger partial charge < -0.3 is 18.9 Å². The number of hydrogen-bond donors (Lipinski definition) is 1. The minimum atomic E-state index is -0.239. The SMILES string of the molecule is C=CC1=C(/C=C\C)B2c3cc4c(cc3Oc3cc(C)cc(c32)O1)B1C(/C=C\C)=C(C)OC(=N)C1=C(C=C)O4. The molecule has 4 aliphatic rings. The lowest BCUT2D eigenvalue weighted by atomic mass is 9.31. The third kappa shape index (κ3) is 3.38. The minimum Gasteiger partial charge on any atom is -0.458 e. The lowest BCUT2D eigenvalue weighted by Crippen LogP contribution is -2.53. The predicted molar refractivity (Wildman–Crippen MR) is 155 cm³/mol. The van der Waals surface area contributed by atoms with E-state index in [4.69, 9.17) is 24.4 Å². The molecule has 2 aromatic rings. The third-order valence-corrected chi connectivity index (χ3v) is 7.39. The molecule has 6 rings (SSSR count). The maximum atomic E-state index is 8.62. The fraction of sp³-hybridized carbons (Fsp3) is 0.129. The number of rotatable bonds is 4. The quantitative estimate of drug-likeness (QED) is 0.594. The summed E-state index contributed by atoms with van der Waals surface area (Å²) >= 11 is 0. The van der Waals surface area contributed by atoms with Gasteiger partial charge in [0.15, 0.2) is 0 Å². The Balaban J connectivity index is 1.63. The second kappa shape index (κ2) is 8.88. The molecule has 38 heavy (non-hydrogen) atoms. The highest BCUT2D eigenvalue weighted by molar-refractivity contribution is 6.95. The number of benzene rings is 2. The van der Waals surface area contributed by atoms with E-state index in [2.05, 4.69) is 37.4 Å². The lowest BCUT2D eigenvalue weighted by molar-refractivity contribution is 0.399. The Bertz CT molecular complexity index is 1620. The topological polar surface area (TPSA) is 60.8 Å². The summed E-state index contributed by atoms with van der Waals surface area (Å²) in [4.78, 5) is 0. The third-order valence-electron chi connectivity index (χ3n) is 7.39. The van der Waals surface area contributed by atoms with Crippen LogP contribution in [0.5, 0.6) is 23.0 Å². The van der Waals surface area contributed by atoms with Crippen LogP contribution < -0.4 is 30.6 Å². The van der Waals surface area contributed by atoms with Crippen molar-refractivity contribution in [2.45, 2.75) is 27.7 Å². The van der Waals surface area contributed by atoms with E-state index in [9.17, 15) is 0 Å². The van der Waals surface area contributed by atoms with Crippen LogP contribution in [0.15, 0.2) is 108 Å². The summed E-state index contributed by atoms with van der Waals surface area (Å²) in [6, 6.07) is 8.23. The molecule has 186 valence electrons. The van der Waals surface area contributed by atoms with Crippen molar-refractivity contribution in [2.24, 2.45) is 0 Å². The molecule has 0 amide bonds. The Morgan fingerprint density at radius 2 is 1.29 bits per heavy atom. The van der Waals surface area contributed by atoms with Gasteiger partial charge in [0.1, 0.15) is 34.5 Å². The zero-order valence-electron chi connectivity index (χ0n) is 22.0. The molecule has 0 saturated carbocycles. The molecule has 0 spiro atoms. The fourth-order valence-electron chi connectivity index (χ4n) is 5.89. The van der Waals surface area contributed by atoms with E-state index in [1.54, 1.807) is 12.2 Å². The first-order chi connectivity index (χ1) is 18.4. The van der Waals surface area contributed by atoms with Gasteiger partial charge in [0.25, 0.3) is 13.4 Å². The molecular weight excluding hydrogens is 472 g/mol. The van der Waals surface area contributed by atoms with Gasteiger partial charge in [0.2, 0.25) is 5.90 Å². The first kappa shape index (κ1) is 24.0. The molecule has 5 nitrogen and oxygen atoms in total. The molecule has 0 unspecified atom stereocenters. The van der Waals surface area contributed by atoms with Gasteiger partial charge in [-0.3, -0.25) is 5.41 Å². The second-order valence-corrected chi connectivity index (χ2v) is 9.72. The van der Waals surface area contributed by atoms with E-state index in [0.29, 0.717) is 22.7 Å². The molecule has 0 aromatic heterocycles. The molecule has 0 aliphatic carbocycles. The van der Waals surface area contributed by atoms with Crippen LogP contribution in [0.1, 0.15) is 26.3 Å². The molecule has 0 saturated heterocycles. The van der Waals surface area contributed by atoms with Crippen LogP contribution >= 0.6 is 0 Å². The summed E-state index contributed by atoms with van der Waals surface area (Å²) in [7, 11) is 0. The van der Waals surface area contributed by atoms with Crippen molar-refractivity contribution in [3.8, 4) is 23.0 Å². The summed E-state index contributed by atoms with van der Waals surface area (Å²) in [5, 5.41) is 8.62. The average molecular weight is 499 g/mol. The molecule has 0 fully saturated rings. The number of aryl methyl sites for hydroxylation is 1. The van der Waals surface area contributed by atoms with Crippen molar-refractivity contribution >= 4 is 35.7 Å². The summed E-state index contributed by atoms with van der Waals surface area (Å²) < 4.78 is 25.1. The van der Waals surface area contributed by atoms with Crippen LogP contribution in [0.25, 0.3) is 0 Å². The highest BCUT2D eigenvalue weighted by Crippen LogP contribution is 2.39. The predicted octanol–water partition coefficient (Wildman–Crippen LogP) is 5.13. The van der Waals surface area contributed by atoms with Crippen molar-refractivity contribution in [2.75, 3.05) is 0 Å². The van der Waals surface area contributed by atoms with Gasteiger partial charge in [-0.25, -0.2) is 0 Å². The van der Waals surface area contributed by atoms with Gasteiger partial charge in [0, 0.05) is 10.9 Å². The maximum absolute atomic E-state index is 8.62. The van der Waals surface area contributed by atoms with E-state index >= 15 is 0 Å². The van der Waals surface area contributed by atoms with Gasteiger partial charge in [-0.05, 0) is 91.5 Å². The first-order valence-corrected chi connectivity index (χ1v) is 12.7. The maximum Gasteiger partial charge on any atom is 0.262 e. The van der Waals surface area contributed by atoms with Crippen molar-refractivity contribution in [3.05, 3.63) is 113 Å². The van der Waals surface area contributed by atoms with E-state index in [-0.39, 0.29) is 19.3 Å². The molecule has 2 aromatic carbocycles. The van der Waals surface area contributed by atoms with Gasteiger partial charge >= 0.3 is 0 Å². The molecule has 0 bridgehead atoms. The van der Waals surface area contributed by atoms with Crippen LogP contribution in [-0.4, -0.2) is 19.3 Å². The van der Waals surface area contributed by atoms with E-state index in [1.807, 2.05) is 52.0 Å². The molecule has 1 N–H and O–H groups in total. The first-order valence-electron chi connectivity index (χ1n) is 12.7. The number of nitrogens with one attached hydrogen (secondary N) is 1. The molecule has 7 heteroatoms. The van der Waals surface area contributed by atoms with Crippen LogP contribution in [0.4, 0.5) is 0 Å². The number of fused-ring (bicyclic) bond motifs is 5. The van der Waals surface area contributed by atoms with E-state index in [0.717, 1.165) is 55.9 Å². The Morgan fingerprint density at radius 3 is 1.95 bits per heavy atom. The summed E-state index contributed by atoms with van der Waals surface area (Å²) in [5.74, 6) is 5.04. The zero-order chi connectivity index (χ0) is 26.7. The van der Waals surface area contributed by atoms with Crippen LogP contribution in [0.3, 0.4) is 0 Å². The Hall–Kier alpha value is -4.38. The fourth-order valence-corrected chi connectivity index (χ4v) is 5.89. The standard InChI is InChI=1S/C31H27B2NO4/c1-7-11-19-18(6)35-31(34)30-24(10-4)37-25-16-22-26(15-21(25)32(19)30)38-28-14-17(5)13-27-29(28)33(22)20(12-8-2)23(9-3)36-27/h7-16,34H,3-4H2,1-2,5-6H3/b11-7-,12-8-,34-31?. The number of ether oxygens (including phenoxy) is 4. The largest absolute Gasteiger partial charge is 0.458 e. The van der Waals surface area contributed by atoms with Gasteiger partial charge in [-0.15, -0.1) is 0 Å². The molecule has 0 atom stereocenters. The summed E-state index contributed by atoms with van der Waals surface area (Å²) in [5.41, 5.74) is 6.61. The molecule has 4 aliphatic heterocycles. The number of allylic oxidation sites excluding steroid dienone is 9. The Morgan fingerprint density at radius 1 is 0.711 bits per heavy atom. The summed E-state index contributed by atoms with van der Waals surface area (Å²) in [6.45, 7) is 15.5. The van der Waals surface area contributed by atoms with Crippen LogP contribution in [0.2, 0.25) is 0 Å². The molecule has 0 radical (unpaired) electrons. The normalized spacial score (nSPS) is 17.4. The monoisotopic (exact) mass is 499 g/mol. The lowest BCUT2D eigenvalue weighted by Gasteiger charge is -2.36. The highest BCUT2D eigenvalue weighted by atomic mass is 16.5. The Kier molecular flexibility index (Phi) is 5.60. The van der Waals surface area contributed by atoms with E-state index < -0.39 is 0 Å². The van der Waals surface area contributed by atoms with Crippen molar-refractivity contribution in [1.82, 2.24) is 0 Å². The van der Waals surface area contributed by atoms with Crippen LogP contribution in [-0.2, 0) is 4.74 Å². The number of hydrogen-bond acceptors (Lipinski definition) is 5.